The molecule has 14 heavy (non-hydrogen) atoms. The number of carbonyl (C=O) groups is 1. The molecule has 0 bridgehead atoms. The Kier molecular flexibility index (Phi) is 4.03. The Labute approximate surface area is 90.0 Å². The number of halogens is 1. The maximum Gasteiger partial charge on any atom is 0.332 e. The molecule has 0 saturated heterocycles. The first-order valence-corrected chi connectivity index (χ1v) is 4.82. The Balaban J connectivity index is 2.49. The van der Waals surface area contributed by atoms with Crippen LogP contribution >= 0.6 is 15.9 Å². The average Bonchev–Trinajstić information content (AvgIpc) is 2.14. The number of nitrogens with zero attached hydrogens (tertiary/aromatic N) is 1. The Hall–Kier alpha value is -0.940. The van der Waals surface area contributed by atoms with Crippen LogP contribution in [0.4, 0.5) is 0 Å². The highest BCUT2D eigenvalue weighted by Gasteiger charge is 2.10. The second kappa shape index (κ2) is 5.07. The van der Waals surface area contributed by atoms with Crippen molar-refractivity contribution in [2.24, 2.45) is 0 Å². The molecule has 1 aromatic rings. The number of pyridine rings is 1. The van der Waals surface area contributed by atoms with Crippen molar-refractivity contribution in [1.29, 1.82) is 0 Å². The largest absolute Gasteiger partial charge is 0.479 e. The monoisotopic (exact) mass is 259 g/mol. The van der Waals surface area contributed by atoms with Gasteiger partial charge in [-0.25, -0.2) is 4.79 Å². The molecule has 1 rings (SSSR count). The zero-order chi connectivity index (χ0) is 10.6. The van der Waals surface area contributed by atoms with Crippen molar-refractivity contribution in [3.63, 3.8) is 0 Å². The zero-order valence-electron chi connectivity index (χ0n) is 7.61. The van der Waals surface area contributed by atoms with E-state index in [-0.39, 0.29) is 6.61 Å². The third-order valence-electron chi connectivity index (χ3n) is 1.61. The minimum Gasteiger partial charge on any atom is -0.479 e. The summed E-state index contributed by atoms with van der Waals surface area (Å²) >= 11 is 3.26. The molecule has 76 valence electrons. The van der Waals surface area contributed by atoms with E-state index in [9.17, 15) is 4.79 Å². The topological polar surface area (TPSA) is 59.4 Å². The molecule has 0 fully saturated rings. The van der Waals surface area contributed by atoms with Gasteiger partial charge >= 0.3 is 5.97 Å². The van der Waals surface area contributed by atoms with Crippen LogP contribution in [0.1, 0.15) is 12.5 Å². The first kappa shape index (κ1) is 11.1. The van der Waals surface area contributed by atoms with Crippen molar-refractivity contribution in [2.45, 2.75) is 19.6 Å². The quantitative estimate of drug-likeness (QED) is 0.897. The third kappa shape index (κ3) is 3.43. The van der Waals surface area contributed by atoms with E-state index in [0.717, 1.165) is 10.0 Å². The molecule has 1 heterocycles. The summed E-state index contributed by atoms with van der Waals surface area (Å²) in [5.41, 5.74) is 0.840. The second-order valence-corrected chi connectivity index (χ2v) is 3.72. The summed E-state index contributed by atoms with van der Waals surface area (Å²) < 4.78 is 5.93. The van der Waals surface area contributed by atoms with Gasteiger partial charge < -0.3 is 9.84 Å². The maximum absolute atomic E-state index is 10.4. The Morgan fingerprint density at radius 3 is 3.00 bits per heavy atom. The second-order valence-electron chi connectivity index (χ2n) is 2.80. The van der Waals surface area contributed by atoms with Crippen molar-refractivity contribution in [2.75, 3.05) is 0 Å². The van der Waals surface area contributed by atoms with Crippen molar-refractivity contribution in [1.82, 2.24) is 4.98 Å². The lowest BCUT2D eigenvalue weighted by atomic mass is 10.3. The number of aliphatic carboxylic acids is 1. The highest BCUT2D eigenvalue weighted by atomic mass is 79.9. The summed E-state index contributed by atoms with van der Waals surface area (Å²) in [4.78, 5) is 14.4. The van der Waals surface area contributed by atoms with Gasteiger partial charge in [-0.15, -0.1) is 0 Å². The number of hydrogen-bond acceptors (Lipinski definition) is 3. The SMILES string of the molecule is C[C@H](OCc1cncc(Br)c1)C(=O)O. The highest BCUT2D eigenvalue weighted by molar-refractivity contribution is 9.10. The van der Waals surface area contributed by atoms with Crippen LogP contribution in [0, 0.1) is 0 Å². The Morgan fingerprint density at radius 1 is 1.71 bits per heavy atom. The summed E-state index contributed by atoms with van der Waals surface area (Å²) in [5, 5.41) is 8.56. The van der Waals surface area contributed by atoms with Crippen LogP contribution in [-0.4, -0.2) is 22.2 Å². The minimum atomic E-state index is -0.965. The fourth-order valence-corrected chi connectivity index (χ4v) is 1.24. The predicted octanol–water partition coefficient (Wildman–Crippen LogP) is 1.83. The van der Waals surface area contributed by atoms with Crippen LogP contribution in [0.3, 0.4) is 0 Å². The molecule has 0 unspecified atom stereocenters. The molecule has 1 aromatic heterocycles. The molecule has 0 aromatic carbocycles. The molecule has 5 heteroatoms. The molecule has 0 spiro atoms. The van der Waals surface area contributed by atoms with Crippen LogP contribution in [0.5, 0.6) is 0 Å². The minimum absolute atomic E-state index is 0.250. The van der Waals surface area contributed by atoms with Crippen LogP contribution < -0.4 is 0 Å². The maximum atomic E-state index is 10.4. The zero-order valence-corrected chi connectivity index (χ0v) is 9.19. The predicted molar refractivity (Wildman–Crippen MR) is 53.8 cm³/mol. The average molecular weight is 260 g/mol. The lowest BCUT2D eigenvalue weighted by Gasteiger charge is -2.07. The smallest absolute Gasteiger partial charge is 0.332 e. The van der Waals surface area contributed by atoms with Crippen LogP contribution in [-0.2, 0) is 16.1 Å². The molecule has 1 atom stereocenters. The molecule has 1 N–H and O–H groups in total. The highest BCUT2D eigenvalue weighted by Crippen LogP contribution is 2.10. The molecule has 0 radical (unpaired) electrons. The van der Waals surface area contributed by atoms with Gasteiger partial charge in [-0.3, -0.25) is 4.98 Å². The molecule has 0 amide bonds. The molecule has 4 nitrogen and oxygen atoms in total. The van der Waals surface area contributed by atoms with E-state index in [2.05, 4.69) is 20.9 Å². The Morgan fingerprint density at radius 2 is 2.43 bits per heavy atom. The van der Waals surface area contributed by atoms with Gasteiger partial charge in [-0.05, 0) is 34.5 Å². The number of hydrogen-bond donors (Lipinski definition) is 1. The van der Waals surface area contributed by atoms with Crippen molar-refractivity contribution in [3.05, 3.63) is 28.5 Å². The van der Waals surface area contributed by atoms with Crippen molar-refractivity contribution < 1.29 is 14.6 Å². The van der Waals surface area contributed by atoms with Gasteiger partial charge in [0.15, 0.2) is 6.10 Å². The lowest BCUT2D eigenvalue weighted by molar-refractivity contribution is -0.149. The number of rotatable bonds is 4. The van der Waals surface area contributed by atoms with Gasteiger partial charge in [-0.2, -0.15) is 0 Å². The summed E-state index contributed by atoms with van der Waals surface area (Å²) in [6.07, 6.45) is 2.50. The van der Waals surface area contributed by atoms with E-state index in [1.807, 2.05) is 6.07 Å². The molecule has 0 saturated carbocycles. The number of aromatic nitrogens is 1. The van der Waals surface area contributed by atoms with Gasteiger partial charge in [0.1, 0.15) is 0 Å². The standard InChI is InChI=1S/C9H10BrNO3/c1-6(9(12)13)14-5-7-2-8(10)4-11-3-7/h2-4,6H,5H2,1H3,(H,12,13)/t6-/m0/s1. The molecule has 0 aliphatic carbocycles. The third-order valence-corrected chi connectivity index (χ3v) is 2.04. The number of carboxylic acid groups (broad SMARTS) is 1. The summed E-state index contributed by atoms with van der Waals surface area (Å²) in [6.45, 7) is 1.74. The van der Waals surface area contributed by atoms with E-state index >= 15 is 0 Å². The van der Waals surface area contributed by atoms with Gasteiger partial charge in [-0.1, -0.05) is 0 Å². The van der Waals surface area contributed by atoms with E-state index in [1.54, 1.807) is 12.4 Å². The van der Waals surface area contributed by atoms with Crippen LogP contribution in [0.25, 0.3) is 0 Å². The van der Waals surface area contributed by atoms with Crippen molar-refractivity contribution >= 4 is 21.9 Å². The first-order valence-electron chi connectivity index (χ1n) is 4.03. The normalized spacial score (nSPS) is 12.4. The number of carboxylic acids is 1. The van der Waals surface area contributed by atoms with E-state index in [4.69, 9.17) is 9.84 Å². The van der Waals surface area contributed by atoms with Crippen LogP contribution in [0.2, 0.25) is 0 Å². The fraction of sp³-hybridized carbons (Fsp3) is 0.333. The van der Waals surface area contributed by atoms with Crippen molar-refractivity contribution in [3.8, 4) is 0 Å². The van der Waals surface area contributed by atoms with Gasteiger partial charge in [0.2, 0.25) is 0 Å². The van der Waals surface area contributed by atoms with E-state index in [0.29, 0.717) is 0 Å². The first-order chi connectivity index (χ1) is 6.59. The van der Waals surface area contributed by atoms with E-state index in [1.165, 1.54) is 6.92 Å². The van der Waals surface area contributed by atoms with Gasteiger partial charge in [0.25, 0.3) is 0 Å². The summed E-state index contributed by atoms with van der Waals surface area (Å²) in [6, 6.07) is 1.83. The lowest BCUT2D eigenvalue weighted by Crippen LogP contribution is -2.19. The molecular weight excluding hydrogens is 250 g/mol. The molecular formula is C9H10BrNO3. The fourth-order valence-electron chi connectivity index (χ4n) is 0.827. The number of ether oxygens (including phenoxy) is 1. The van der Waals surface area contributed by atoms with E-state index < -0.39 is 12.1 Å². The van der Waals surface area contributed by atoms with Gasteiger partial charge in [0.05, 0.1) is 6.61 Å². The van der Waals surface area contributed by atoms with Crippen LogP contribution in [0.15, 0.2) is 22.9 Å². The van der Waals surface area contributed by atoms with Gasteiger partial charge in [0, 0.05) is 16.9 Å². The summed E-state index contributed by atoms with van der Waals surface area (Å²) in [7, 11) is 0. The summed E-state index contributed by atoms with van der Waals surface area (Å²) in [5.74, 6) is -0.965. The molecule has 0 aliphatic heterocycles. The molecule has 0 aliphatic rings. The Bertz CT molecular complexity index is 330.